The number of carbonyl (C=O) groups is 1. The first-order chi connectivity index (χ1) is 9.87. The third kappa shape index (κ3) is 3.96. The highest BCUT2D eigenvalue weighted by molar-refractivity contribution is 7.81. The summed E-state index contributed by atoms with van der Waals surface area (Å²) in [6.45, 7) is 0. The lowest BCUT2D eigenvalue weighted by molar-refractivity contribution is 0.0992. The standard InChI is InChI=1S/C12H10FN3O4S/c1-16(10-3-2-4-14-7-10)12(17)9-5-11(8-15-6-9)20-21(13,18)19/h2-8H,1H3. The predicted octanol–water partition coefficient (Wildman–Crippen LogP) is 1.35. The summed E-state index contributed by atoms with van der Waals surface area (Å²) in [6, 6.07) is 4.41. The van der Waals surface area contributed by atoms with E-state index in [9.17, 15) is 17.1 Å². The molecule has 110 valence electrons. The van der Waals surface area contributed by atoms with Crippen LogP contribution in [0.3, 0.4) is 0 Å². The van der Waals surface area contributed by atoms with Gasteiger partial charge in [0.25, 0.3) is 5.91 Å². The zero-order chi connectivity index (χ0) is 15.5. The van der Waals surface area contributed by atoms with Crippen molar-refractivity contribution < 1.29 is 21.3 Å². The Morgan fingerprint density at radius 1 is 1.29 bits per heavy atom. The fraction of sp³-hybridized carbons (Fsp3) is 0.0833. The van der Waals surface area contributed by atoms with Crippen LogP contribution in [0.25, 0.3) is 0 Å². The van der Waals surface area contributed by atoms with E-state index in [1.54, 1.807) is 18.3 Å². The molecule has 2 heterocycles. The van der Waals surface area contributed by atoms with Crippen molar-refractivity contribution >= 4 is 22.1 Å². The van der Waals surface area contributed by atoms with Gasteiger partial charge in [0.1, 0.15) is 0 Å². The first kappa shape index (κ1) is 14.9. The first-order valence-corrected chi connectivity index (χ1v) is 6.95. The molecular formula is C12H10FN3O4S. The van der Waals surface area contributed by atoms with E-state index in [-0.39, 0.29) is 11.3 Å². The quantitative estimate of drug-likeness (QED) is 0.792. The Hall–Kier alpha value is -2.55. The maximum atomic E-state index is 12.4. The van der Waals surface area contributed by atoms with Crippen LogP contribution in [0.4, 0.5) is 9.57 Å². The molecule has 0 bridgehead atoms. The minimum Gasteiger partial charge on any atom is -0.357 e. The second kappa shape index (κ2) is 5.83. The number of carbonyl (C=O) groups excluding carboxylic acids is 1. The third-order valence-electron chi connectivity index (χ3n) is 2.49. The minimum atomic E-state index is -5.17. The van der Waals surface area contributed by atoms with Crippen LogP contribution in [-0.4, -0.2) is 31.3 Å². The SMILES string of the molecule is CN(C(=O)c1cncc(OS(=O)(=O)F)c1)c1cccnc1. The molecule has 21 heavy (non-hydrogen) atoms. The first-order valence-electron chi connectivity index (χ1n) is 5.64. The summed E-state index contributed by atoms with van der Waals surface area (Å²) >= 11 is 0. The van der Waals surface area contributed by atoms with E-state index < -0.39 is 16.4 Å². The molecule has 1 amide bonds. The highest BCUT2D eigenvalue weighted by Gasteiger charge is 2.17. The number of amides is 1. The Labute approximate surface area is 120 Å². The van der Waals surface area contributed by atoms with Crippen LogP contribution in [0.5, 0.6) is 5.75 Å². The van der Waals surface area contributed by atoms with Gasteiger partial charge in [-0.3, -0.25) is 14.8 Å². The van der Waals surface area contributed by atoms with Crippen LogP contribution in [0, 0.1) is 0 Å². The molecule has 0 fully saturated rings. The minimum absolute atomic E-state index is 0.0440. The molecule has 2 rings (SSSR count). The van der Waals surface area contributed by atoms with Crippen molar-refractivity contribution in [1.29, 1.82) is 0 Å². The maximum absolute atomic E-state index is 12.4. The number of halogens is 1. The van der Waals surface area contributed by atoms with Crippen LogP contribution in [0.15, 0.2) is 43.0 Å². The highest BCUT2D eigenvalue weighted by atomic mass is 32.3. The van der Waals surface area contributed by atoms with E-state index in [4.69, 9.17) is 0 Å². The van der Waals surface area contributed by atoms with Crippen molar-refractivity contribution in [2.24, 2.45) is 0 Å². The number of hydrogen-bond acceptors (Lipinski definition) is 6. The largest absolute Gasteiger partial charge is 0.488 e. The molecule has 0 N–H and O–H groups in total. The van der Waals surface area contributed by atoms with Crippen LogP contribution in [-0.2, 0) is 10.5 Å². The molecule has 0 spiro atoms. The molecule has 0 atom stereocenters. The highest BCUT2D eigenvalue weighted by Crippen LogP contribution is 2.18. The van der Waals surface area contributed by atoms with Crippen molar-refractivity contribution in [3.05, 3.63) is 48.5 Å². The molecule has 0 saturated carbocycles. The van der Waals surface area contributed by atoms with Gasteiger partial charge >= 0.3 is 10.5 Å². The number of nitrogens with zero attached hydrogens (tertiary/aromatic N) is 3. The zero-order valence-corrected chi connectivity index (χ0v) is 11.6. The van der Waals surface area contributed by atoms with Crippen molar-refractivity contribution in [2.45, 2.75) is 0 Å². The molecule has 7 nitrogen and oxygen atoms in total. The molecule has 0 aliphatic carbocycles. The number of anilines is 1. The molecule has 0 aliphatic rings. The summed E-state index contributed by atoms with van der Waals surface area (Å²) in [7, 11) is -3.65. The van der Waals surface area contributed by atoms with Gasteiger partial charge in [0, 0.05) is 19.4 Å². The predicted molar refractivity (Wildman–Crippen MR) is 71.9 cm³/mol. The van der Waals surface area contributed by atoms with Crippen LogP contribution in [0.1, 0.15) is 10.4 Å². The van der Waals surface area contributed by atoms with Gasteiger partial charge in [-0.25, -0.2) is 0 Å². The Morgan fingerprint density at radius 2 is 2.05 bits per heavy atom. The summed E-state index contributed by atoms with van der Waals surface area (Å²) in [5, 5.41) is 0. The van der Waals surface area contributed by atoms with Gasteiger partial charge in [0.05, 0.1) is 23.6 Å². The number of rotatable bonds is 4. The van der Waals surface area contributed by atoms with Crippen molar-refractivity contribution in [1.82, 2.24) is 9.97 Å². The molecule has 2 aromatic rings. The van der Waals surface area contributed by atoms with Gasteiger partial charge in [0.2, 0.25) is 0 Å². The van der Waals surface area contributed by atoms with E-state index in [1.165, 1.54) is 24.3 Å². The van der Waals surface area contributed by atoms with Crippen molar-refractivity contribution in [3.63, 3.8) is 0 Å². The Kier molecular flexibility index (Phi) is 4.13. The Balaban J connectivity index is 2.26. The van der Waals surface area contributed by atoms with Crippen molar-refractivity contribution in [3.8, 4) is 5.75 Å². The monoisotopic (exact) mass is 311 g/mol. The summed E-state index contributed by atoms with van der Waals surface area (Å²) in [6.07, 6.45) is 5.24. The lowest BCUT2D eigenvalue weighted by Gasteiger charge is -2.16. The number of pyridine rings is 2. The molecule has 0 unspecified atom stereocenters. The molecule has 9 heteroatoms. The summed E-state index contributed by atoms with van der Waals surface area (Å²) in [4.78, 5) is 21.0. The number of aromatic nitrogens is 2. The van der Waals surface area contributed by atoms with E-state index in [0.717, 1.165) is 12.3 Å². The third-order valence-corrected chi connectivity index (χ3v) is 2.89. The van der Waals surface area contributed by atoms with E-state index >= 15 is 0 Å². The Morgan fingerprint density at radius 3 is 2.67 bits per heavy atom. The van der Waals surface area contributed by atoms with Crippen molar-refractivity contribution in [2.75, 3.05) is 11.9 Å². The topological polar surface area (TPSA) is 89.5 Å². The number of hydrogen-bond donors (Lipinski definition) is 0. The molecular weight excluding hydrogens is 301 g/mol. The average Bonchev–Trinajstić information content (AvgIpc) is 2.45. The van der Waals surface area contributed by atoms with Gasteiger partial charge in [-0.15, -0.1) is 0 Å². The zero-order valence-electron chi connectivity index (χ0n) is 10.8. The smallest absolute Gasteiger partial charge is 0.357 e. The molecule has 0 aliphatic heterocycles. The average molecular weight is 311 g/mol. The fourth-order valence-corrected chi connectivity index (χ4v) is 1.88. The van der Waals surface area contributed by atoms with Crippen LogP contribution in [0.2, 0.25) is 0 Å². The molecule has 2 aromatic heterocycles. The van der Waals surface area contributed by atoms with Gasteiger partial charge in [-0.1, -0.05) is 3.89 Å². The van der Waals surface area contributed by atoms with Gasteiger partial charge < -0.3 is 9.08 Å². The van der Waals surface area contributed by atoms with Gasteiger partial charge in [-0.2, -0.15) is 8.42 Å². The second-order valence-corrected chi connectivity index (χ2v) is 4.91. The molecule has 0 aromatic carbocycles. The van der Waals surface area contributed by atoms with Crippen LogP contribution < -0.4 is 9.08 Å². The molecule has 0 saturated heterocycles. The van der Waals surface area contributed by atoms with Gasteiger partial charge in [-0.05, 0) is 18.2 Å². The van der Waals surface area contributed by atoms with E-state index in [0.29, 0.717) is 5.69 Å². The second-order valence-electron chi connectivity index (χ2n) is 3.96. The fourth-order valence-electron chi connectivity index (χ4n) is 1.56. The summed E-state index contributed by atoms with van der Waals surface area (Å²) < 4.78 is 37.3. The lowest BCUT2D eigenvalue weighted by Crippen LogP contribution is -2.26. The Bertz CT molecular complexity index is 752. The van der Waals surface area contributed by atoms with Crippen LogP contribution >= 0.6 is 0 Å². The van der Waals surface area contributed by atoms with E-state index in [1.807, 2.05) is 0 Å². The lowest BCUT2D eigenvalue weighted by atomic mass is 10.2. The summed E-state index contributed by atoms with van der Waals surface area (Å²) in [5.41, 5.74) is 0.578. The van der Waals surface area contributed by atoms with E-state index in [2.05, 4.69) is 14.2 Å². The van der Waals surface area contributed by atoms with Gasteiger partial charge in [0.15, 0.2) is 5.75 Å². The molecule has 0 radical (unpaired) electrons. The maximum Gasteiger partial charge on any atom is 0.488 e. The normalized spacial score (nSPS) is 11.0. The summed E-state index contributed by atoms with van der Waals surface area (Å²) in [5.74, 6) is -0.861.